The second kappa shape index (κ2) is 10.4. The van der Waals surface area contributed by atoms with E-state index in [1.807, 2.05) is 6.92 Å². The maximum absolute atomic E-state index is 13.5. The average molecular weight is 517 g/mol. The molecule has 2 aromatic heterocycles. The monoisotopic (exact) mass is 516 g/mol. The Bertz CT molecular complexity index is 1290. The number of nitrogens with zero attached hydrogens (tertiary/aromatic N) is 5. The third-order valence-electron chi connectivity index (χ3n) is 6.59. The lowest BCUT2D eigenvalue weighted by molar-refractivity contribution is 0.0858. The minimum absolute atomic E-state index is 0.0133. The first kappa shape index (κ1) is 25.8. The summed E-state index contributed by atoms with van der Waals surface area (Å²) in [5, 5.41) is 7.73. The summed E-state index contributed by atoms with van der Waals surface area (Å²) in [6.07, 6.45) is 3.83. The van der Waals surface area contributed by atoms with Crippen molar-refractivity contribution in [1.29, 1.82) is 0 Å². The predicted molar refractivity (Wildman–Crippen MR) is 134 cm³/mol. The minimum atomic E-state index is -3.94. The van der Waals surface area contributed by atoms with Crippen molar-refractivity contribution < 1.29 is 22.6 Å². The van der Waals surface area contributed by atoms with E-state index in [0.717, 1.165) is 12.0 Å². The molecule has 194 valence electrons. The van der Waals surface area contributed by atoms with Gasteiger partial charge < -0.3 is 14.2 Å². The van der Waals surface area contributed by atoms with Crippen LogP contribution in [-0.2, 0) is 14.8 Å². The van der Waals surface area contributed by atoms with Crippen molar-refractivity contribution in [3.05, 3.63) is 47.8 Å². The maximum atomic E-state index is 13.5. The molecule has 4 rings (SSSR count). The van der Waals surface area contributed by atoms with Crippen LogP contribution in [0.2, 0.25) is 0 Å². The molecule has 0 saturated carbocycles. The Labute approximate surface area is 211 Å². The number of aromatic nitrogens is 5. The van der Waals surface area contributed by atoms with Crippen LogP contribution in [-0.4, -0.2) is 59.2 Å². The smallest absolute Gasteiger partial charge is 0.243 e. The Morgan fingerprint density at radius 2 is 1.75 bits per heavy atom. The van der Waals surface area contributed by atoms with Crippen LogP contribution in [0.15, 0.2) is 30.6 Å². The van der Waals surface area contributed by atoms with Crippen LogP contribution in [0.3, 0.4) is 0 Å². The van der Waals surface area contributed by atoms with Gasteiger partial charge in [-0.15, -0.1) is 10.2 Å². The Morgan fingerprint density at radius 1 is 1.11 bits per heavy atom. The fourth-order valence-corrected chi connectivity index (χ4v) is 5.41. The quantitative estimate of drug-likeness (QED) is 0.454. The molecule has 1 N–H and O–H groups in total. The minimum Gasteiger partial charge on any atom is -0.494 e. The molecule has 0 spiro atoms. The molecule has 12 heteroatoms. The van der Waals surface area contributed by atoms with E-state index < -0.39 is 21.2 Å². The summed E-state index contributed by atoms with van der Waals surface area (Å²) >= 11 is 0. The number of rotatable bonds is 9. The Kier molecular flexibility index (Phi) is 7.46. The van der Waals surface area contributed by atoms with E-state index in [9.17, 15) is 8.42 Å². The molecule has 11 nitrogen and oxygen atoms in total. The van der Waals surface area contributed by atoms with E-state index >= 15 is 0 Å². The molecular formula is C24H32N6O5S. The standard InChI is InChI=1S/C24H32N6O5S/c1-14-12-25-22(26-13-14)16(3)17(4)36(31,32)29-24-28-27-23(21-15(2)10-11-35-21)30(24)20-18(33-5)8-7-9-19(20)34-6/h7-9,12-13,15-17,21H,10-11H2,1-6H3,(H,28,29)/t15-,16?,17?,21+/m1/s1. The van der Waals surface area contributed by atoms with Crippen LogP contribution in [0.1, 0.15) is 56.4 Å². The molecule has 1 aliphatic rings. The molecule has 4 atom stereocenters. The molecule has 3 heterocycles. The number of hydrogen-bond acceptors (Lipinski definition) is 9. The van der Waals surface area contributed by atoms with Gasteiger partial charge in [-0.05, 0) is 43.9 Å². The number of nitrogens with one attached hydrogen (secondary N) is 1. The van der Waals surface area contributed by atoms with Gasteiger partial charge in [0.25, 0.3) is 0 Å². The van der Waals surface area contributed by atoms with Gasteiger partial charge in [0.2, 0.25) is 16.0 Å². The van der Waals surface area contributed by atoms with Gasteiger partial charge in [0, 0.05) is 24.9 Å². The SMILES string of the molecule is COc1cccc(OC)c1-n1c(NS(=O)(=O)C(C)C(C)c2ncc(C)cn2)nnc1[C@H]1OCC[C@H]1C. The fourth-order valence-electron chi connectivity index (χ4n) is 4.18. The molecule has 1 aliphatic heterocycles. The van der Waals surface area contributed by atoms with Crippen molar-refractivity contribution in [2.45, 2.75) is 51.4 Å². The number of hydrogen-bond donors (Lipinski definition) is 1. The lowest BCUT2D eigenvalue weighted by Gasteiger charge is -2.22. The largest absolute Gasteiger partial charge is 0.494 e. The maximum Gasteiger partial charge on any atom is 0.243 e. The van der Waals surface area contributed by atoms with Crippen LogP contribution in [0.4, 0.5) is 5.95 Å². The van der Waals surface area contributed by atoms with E-state index in [0.29, 0.717) is 35.4 Å². The highest BCUT2D eigenvalue weighted by Crippen LogP contribution is 2.40. The lowest BCUT2D eigenvalue weighted by Crippen LogP contribution is -2.31. The van der Waals surface area contributed by atoms with Crippen LogP contribution in [0.5, 0.6) is 11.5 Å². The van der Waals surface area contributed by atoms with Gasteiger partial charge in [0.15, 0.2) is 5.82 Å². The van der Waals surface area contributed by atoms with Gasteiger partial charge in [-0.1, -0.05) is 19.9 Å². The zero-order chi connectivity index (χ0) is 26.0. The number of benzene rings is 1. The summed E-state index contributed by atoms with van der Waals surface area (Å²) in [5.41, 5.74) is 1.37. The van der Waals surface area contributed by atoms with Crippen molar-refractivity contribution in [3.63, 3.8) is 0 Å². The van der Waals surface area contributed by atoms with Crippen molar-refractivity contribution in [2.24, 2.45) is 5.92 Å². The summed E-state index contributed by atoms with van der Waals surface area (Å²) in [6.45, 7) is 7.91. The molecule has 0 amide bonds. The van der Waals surface area contributed by atoms with Crippen LogP contribution in [0, 0.1) is 12.8 Å². The normalized spacial score (nSPS) is 19.6. The number of para-hydroxylation sites is 1. The highest BCUT2D eigenvalue weighted by Gasteiger charge is 2.36. The summed E-state index contributed by atoms with van der Waals surface area (Å²) in [7, 11) is -0.872. The zero-order valence-corrected chi connectivity index (χ0v) is 22.1. The third kappa shape index (κ3) is 4.87. The second-order valence-electron chi connectivity index (χ2n) is 9.05. The Morgan fingerprint density at radius 3 is 2.31 bits per heavy atom. The number of anilines is 1. The molecule has 1 fully saturated rings. The van der Waals surface area contributed by atoms with Crippen LogP contribution >= 0.6 is 0 Å². The highest BCUT2D eigenvalue weighted by molar-refractivity contribution is 7.93. The first-order valence-corrected chi connectivity index (χ1v) is 13.3. The molecule has 0 aliphatic carbocycles. The molecule has 3 aromatic rings. The van der Waals surface area contributed by atoms with E-state index in [2.05, 4.69) is 31.8 Å². The number of methoxy groups -OCH3 is 2. The van der Waals surface area contributed by atoms with Crippen molar-refractivity contribution in [3.8, 4) is 17.2 Å². The van der Waals surface area contributed by atoms with Gasteiger partial charge >= 0.3 is 0 Å². The van der Waals surface area contributed by atoms with Crippen molar-refractivity contribution in [2.75, 3.05) is 25.5 Å². The lowest BCUT2D eigenvalue weighted by atomic mass is 10.0. The van der Waals surface area contributed by atoms with Gasteiger partial charge in [0.05, 0.1) is 19.5 Å². The summed E-state index contributed by atoms with van der Waals surface area (Å²) in [4.78, 5) is 8.62. The molecule has 1 aromatic carbocycles. The average Bonchev–Trinajstić information content (AvgIpc) is 3.47. The van der Waals surface area contributed by atoms with Crippen molar-refractivity contribution >= 4 is 16.0 Å². The first-order valence-electron chi connectivity index (χ1n) is 11.8. The number of aryl methyl sites for hydroxylation is 1. The molecular weight excluding hydrogens is 484 g/mol. The zero-order valence-electron chi connectivity index (χ0n) is 21.3. The molecule has 2 unspecified atom stereocenters. The van der Waals surface area contributed by atoms with E-state index in [-0.39, 0.29) is 18.0 Å². The molecule has 36 heavy (non-hydrogen) atoms. The van der Waals surface area contributed by atoms with E-state index in [1.165, 1.54) is 14.2 Å². The Hall–Kier alpha value is -3.25. The van der Waals surface area contributed by atoms with Gasteiger partial charge in [-0.2, -0.15) is 0 Å². The molecule has 0 bridgehead atoms. The summed E-state index contributed by atoms with van der Waals surface area (Å²) in [5.74, 6) is 1.54. The van der Waals surface area contributed by atoms with Gasteiger partial charge in [-0.3, -0.25) is 9.29 Å². The summed E-state index contributed by atoms with van der Waals surface area (Å²) < 4.78 is 48.5. The topological polar surface area (TPSA) is 130 Å². The number of sulfonamides is 1. The number of ether oxygens (including phenoxy) is 3. The highest BCUT2D eigenvalue weighted by atomic mass is 32.2. The van der Waals surface area contributed by atoms with Crippen LogP contribution in [0.25, 0.3) is 5.69 Å². The second-order valence-corrected chi connectivity index (χ2v) is 11.1. The first-order chi connectivity index (χ1) is 17.2. The van der Waals surface area contributed by atoms with Crippen LogP contribution < -0.4 is 14.2 Å². The van der Waals surface area contributed by atoms with Gasteiger partial charge in [0.1, 0.15) is 29.1 Å². The van der Waals surface area contributed by atoms with E-state index in [1.54, 1.807) is 49.0 Å². The van der Waals surface area contributed by atoms with Crippen molar-refractivity contribution in [1.82, 2.24) is 24.7 Å². The predicted octanol–water partition coefficient (Wildman–Crippen LogP) is 3.41. The molecule has 1 saturated heterocycles. The fraction of sp³-hybridized carbons (Fsp3) is 0.500. The van der Waals surface area contributed by atoms with Gasteiger partial charge in [-0.25, -0.2) is 18.4 Å². The Balaban J connectivity index is 1.78. The third-order valence-corrected chi connectivity index (χ3v) is 8.44. The van der Waals surface area contributed by atoms with E-state index in [4.69, 9.17) is 14.2 Å². The molecule has 0 radical (unpaired) electrons. The summed E-state index contributed by atoms with van der Waals surface area (Å²) in [6, 6.07) is 5.31.